The van der Waals surface area contributed by atoms with Gasteiger partial charge in [0, 0.05) is 0 Å². The summed E-state index contributed by atoms with van der Waals surface area (Å²) in [5.74, 6) is 3.43. The SMILES string of the molecule is C#CCOc1c(Cl)cc(CCN)cc1OC. The number of methoxy groups -OCH3 is 1. The second-order valence-electron chi connectivity index (χ2n) is 3.14. The summed E-state index contributed by atoms with van der Waals surface area (Å²) in [7, 11) is 1.56. The van der Waals surface area contributed by atoms with Gasteiger partial charge in [-0.05, 0) is 30.7 Å². The zero-order chi connectivity index (χ0) is 12.0. The van der Waals surface area contributed by atoms with Crippen molar-refractivity contribution in [3.8, 4) is 23.8 Å². The van der Waals surface area contributed by atoms with Gasteiger partial charge in [0.05, 0.1) is 12.1 Å². The van der Waals surface area contributed by atoms with Gasteiger partial charge in [-0.2, -0.15) is 0 Å². The highest BCUT2D eigenvalue weighted by Gasteiger charge is 2.11. The van der Waals surface area contributed by atoms with E-state index in [0.29, 0.717) is 23.1 Å². The minimum absolute atomic E-state index is 0.159. The van der Waals surface area contributed by atoms with E-state index in [1.165, 1.54) is 0 Å². The normalized spacial score (nSPS) is 9.62. The zero-order valence-corrected chi connectivity index (χ0v) is 9.88. The van der Waals surface area contributed by atoms with E-state index in [-0.39, 0.29) is 6.61 Å². The summed E-state index contributed by atoms with van der Waals surface area (Å²) in [5.41, 5.74) is 6.49. The molecule has 86 valence electrons. The first-order valence-electron chi connectivity index (χ1n) is 4.85. The van der Waals surface area contributed by atoms with Gasteiger partial charge in [-0.1, -0.05) is 17.5 Å². The molecule has 0 aliphatic rings. The van der Waals surface area contributed by atoms with Gasteiger partial charge in [0.15, 0.2) is 11.5 Å². The number of hydrogen-bond acceptors (Lipinski definition) is 3. The molecule has 0 radical (unpaired) electrons. The molecule has 0 atom stereocenters. The van der Waals surface area contributed by atoms with E-state index in [9.17, 15) is 0 Å². The summed E-state index contributed by atoms with van der Waals surface area (Å²) in [4.78, 5) is 0. The number of ether oxygens (including phenoxy) is 2. The van der Waals surface area contributed by atoms with E-state index in [4.69, 9.17) is 33.2 Å². The molecule has 1 aromatic carbocycles. The van der Waals surface area contributed by atoms with E-state index < -0.39 is 0 Å². The molecule has 4 heteroatoms. The summed E-state index contributed by atoms with van der Waals surface area (Å²) in [6.45, 7) is 0.719. The monoisotopic (exact) mass is 239 g/mol. The Labute approximate surface area is 100 Å². The number of terminal acetylenes is 1. The van der Waals surface area contributed by atoms with Gasteiger partial charge in [0.1, 0.15) is 6.61 Å². The van der Waals surface area contributed by atoms with Crippen LogP contribution in [0.4, 0.5) is 0 Å². The summed E-state index contributed by atoms with van der Waals surface area (Å²) in [6.07, 6.45) is 5.86. The Morgan fingerprint density at radius 2 is 2.25 bits per heavy atom. The quantitative estimate of drug-likeness (QED) is 0.798. The maximum absolute atomic E-state index is 6.07. The topological polar surface area (TPSA) is 44.5 Å². The highest BCUT2D eigenvalue weighted by atomic mass is 35.5. The van der Waals surface area contributed by atoms with Gasteiger partial charge in [-0.15, -0.1) is 6.42 Å². The molecule has 0 fully saturated rings. The average molecular weight is 240 g/mol. The van der Waals surface area contributed by atoms with Crippen molar-refractivity contribution in [3.05, 3.63) is 22.7 Å². The van der Waals surface area contributed by atoms with Gasteiger partial charge in [-0.25, -0.2) is 0 Å². The Hall–Kier alpha value is -1.37. The zero-order valence-electron chi connectivity index (χ0n) is 9.13. The molecule has 0 spiro atoms. The summed E-state index contributed by atoms with van der Waals surface area (Å²) < 4.78 is 10.5. The summed E-state index contributed by atoms with van der Waals surface area (Å²) >= 11 is 6.07. The van der Waals surface area contributed by atoms with Crippen molar-refractivity contribution >= 4 is 11.6 Å². The van der Waals surface area contributed by atoms with Crippen LogP contribution in [0.2, 0.25) is 5.02 Å². The lowest BCUT2D eigenvalue weighted by Gasteiger charge is -2.12. The highest BCUT2D eigenvalue weighted by Crippen LogP contribution is 2.36. The second kappa shape index (κ2) is 6.26. The van der Waals surface area contributed by atoms with Crippen LogP contribution in [0, 0.1) is 12.3 Å². The molecule has 0 aliphatic carbocycles. The van der Waals surface area contributed by atoms with Crippen LogP contribution < -0.4 is 15.2 Å². The Morgan fingerprint density at radius 3 is 2.81 bits per heavy atom. The van der Waals surface area contributed by atoms with Gasteiger partial charge in [0.25, 0.3) is 0 Å². The molecule has 0 amide bonds. The van der Waals surface area contributed by atoms with Crippen molar-refractivity contribution < 1.29 is 9.47 Å². The van der Waals surface area contributed by atoms with Crippen molar-refractivity contribution in [1.82, 2.24) is 0 Å². The predicted octanol–water partition coefficient (Wildman–Crippen LogP) is 1.86. The molecule has 1 aromatic rings. The first kappa shape index (κ1) is 12.7. The lowest BCUT2D eigenvalue weighted by molar-refractivity contribution is 0.331. The van der Waals surface area contributed by atoms with Crippen molar-refractivity contribution in [2.24, 2.45) is 5.73 Å². The van der Waals surface area contributed by atoms with E-state index >= 15 is 0 Å². The number of benzene rings is 1. The van der Waals surface area contributed by atoms with E-state index in [0.717, 1.165) is 12.0 Å². The maximum Gasteiger partial charge on any atom is 0.181 e. The van der Waals surface area contributed by atoms with Gasteiger partial charge in [-0.3, -0.25) is 0 Å². The fourth-order valence-corrected chi connectivity index (χ4v) is 1.63. The third kappa shape index (κ3) is 3.06. The van der Waals surface area contributed by atoms with Crippen LogP contribution in [0.3, 0.4) is 0 Å². The third-order valence-corrected chi connectivity index (χ3v) is 2.30. The molecule has 2 N–H and O–H groups in total. The molecule has 16 heavy (non-hydrogen) atoms. The predicted molar refractivity (Wildman–Crippen MR) is 65.1 cm³/mol. The third-order valence-electron chi connectivity index (χ3n) is 2.02. The van der Waals surface area contributed by atoms with Crippen LogP contribution in [0.25, 0.3) is 0 Å². The number of nitrogens with two attached hydrogens (primary N) is 1. The minimum atomic E-state index is 0.159. The molecular weight excluding hydrogens is 226 g/mol. The molecule has 3 nitrogen and oxygen atoms in total. The van der Waals surface area contributed by atoms with Crippen LogP contribution in [0.5, 0.6) is 11.5 Å². The molecule has 1 rings (SSSR count). The molecular formula is C12H14ClNO2. The Morgan fingerprint density at radius 1 is 1.50 bits per heavy atom. The second-order valence-corrected chi connectivity index (χ2v) is 3.55. The number of rotatable bonds is 5. The van der Waals surface area contributed by atoms with Crippen LogP contribution in [0.15, 0.2) is 12.1 Å². The van der Waals surface area contributed by atoms with Crippen LogP contribution >= 0.6 is 11.6 Å². The number of halogens is 1. The Bertz CT molecular complexity index is 399. The van der Waals surface area contributed by atoms with Gasteiger partial charge >= 0.3 is 0 Å². The van der Waals surface area contributed by atoms with E-state index in [2.05, 4.69) is 5.92 Å². The molecule has 0 bridgehead atoms. The molecule has 0 unspecified atom stereocenters. The minimum Gasteiger partial charge on any atom is -0.493 e. The molecule has 0 aromatic heterocycles. The first-order chi connectivity index (χ1) is 7.72. The maximum atomic E-state index is 6.07. The number of hydrogen-bond donors (Lipinski definition) is 1. The Balaban J connectivity index is 3.03. The van der Waals surface area contributed by atoms with Gasteiger partial charge < -0.3 is 15.2 Å². The van der Waals surface area contributed by atoms with Crippen molar-refractivity contribution in [1.29, 1.82) is 0 Å². The average Bonchev–Trinajstić information content (AvgIpc) is 2.27. The van der Waals surface area contributed by atoms with Crippen molar-refractivity contribution in [3.63, 3.8) is 0 Å². The summed E-state index contributed by atoms with van der Waals surface area (Å²) in [6, 6.07) is 3.66. The lowest BCUT2D eigenvalue weighted by Crippen LogP contribution is -2.04. The smallest absolute Gasteiger partial charge is 0.181 e. The molecule has 0 heterocycles. The fourth-order valence-electron chi connectivity index (χ4n) is 1.34. The van der Waals surface area contributed by atoms with E-state index in [1.807, 2.05) is 12.1 Å². The highest BCUT2D eigenvalue weighted by molar-refractivity contribution is 6.32. The standard InChI is InChI=1S/C12H14ClNO2/c1-3-6-16-12-10(13)7-9(4-5-14)8-11(12)15-2/h1,7-8H,4-6,14H2,2H3. The molecule has 0 aliphatic heterocycles. The van der Waals surface area contributed by atoms with E-state index in [1.54, 1.807) is 7.11 Å². The van der Waals surface area contributed by atoms with Crippen molar-refractivity contribution in [2.45, 2.75) is 6.42 Å². The van der Waals surface area contributed by atoms with Crippen LogP contribution in [0.1, 0.15) is 5.56 Å². The summed E-state index contributed by atoms with van der Waals surface area (Å²) in [5, 5.41) is 0.484. The lowest BCUT2D eigenvalue weighted by atomic mass is 10.1. The van der Waals surface area contributed by atoms with Crippen molar-refractivity contribution in [2.75, 3.05) is 20.3 Å². The van der Waals surface area contributed by atoms with Crippen LogP contribution in [-0.2, 0) is 6.42 Å². The molecule has 0 saturated heterocycles. The van der Waals surface area contributed by atoms with Crippen LogP contribution in [-0.4, -0.2) is 20.3 Å². The largest absolute Gasteiger partial charge is 0.493 e. The Kier molecular flexibility index (Phi) is 4.97. The van der Waals surface area contributed by atoms with Gasteiger partial charge in [0.2, 0.25) is 0 Å². The fraction of sp³-hybridized carbons (Fsp3) is 0.333. The first-order valence-corrected chi connectivity index (χ1v) is 5.23. The molecule has 0 saturated carbocycles.